The smallest absolute Gasteiger partial charge is 0.330 e. The molecule has 3 N–H and O–H groups in total. The summed E-state index contributed by atoms with van der Waals surface area (Å²) >= 11 is 0. The van der Waals surface area contributed by atoms with Gasteiger partial charge in [-0.05, 0) is 17.7 Å². The van der Waals surface area contributed by atoms with Crippen LogP contribution in [0.25, 0.3) is 0 Å². The van der Waals surface area contributed by atoms with Gasteiger partial charge in [-0.3, -0.25) is 0 Å². The van der Waals surface area contributed by atoms with Crippen molar-refractivity contribution < 1.29 is 14.6 Å². The second-order valence-electron chi connectivity index (χ2n) is 3.09. The first-order valence-electron chi connectivity index (χ1n) is 4.43. The zero-order valence-corrected chi connectivity index (χ0v) is 8.43. The van der Waals surface area contributed by atoms with E-state index in [4.69, 9.17) is 15.6 Å². The van der Waals surface area contributed by atoms with Crippen LogP contribution in [0.15, 0.2) is 36.0 Å². The summed E-state index contributed by atoms with van der Waals surface area (Å²) in [4.78, 5) is 10.3. The molecule has 0 aliphatic heterocycles. The zero-order valence-electron chi connectivity index (χ0n) is 8.43. The van der Waals surface area contributed by atoms with Crippen molar-refractivity contribution in [2.45, 2.75) is 6.42 Å². The van der Waals surface area contributed by atoms with Gasteiger partial charge in [0.2, 0.25) is 0 Å². The molecule has 0 aromatic heterocycles. The Morgan fingerprint density at radius 2 is 2.33 bits per heavy atom. The molecule has 4 heteroatoms. The predicted octanol–water partition coefficient (Wildman–Crippen LogP) is 1.16. The highest BCUT2D eigenvalue weighted by Crippen LogP contribution is 2.14. The van der Waals surface area contributed by atoms with E-state index >= 15 is 0 Å². The molecule has 1 aromatic carbocycles. The van der Waals surface area contributed by atoms with E-state index in [1.165, 1.54) is 0 Å². The first-order chi connectivity index (χ1) is 7.11. The van der Waals surface area contributed by atoms with Gasteiger partial charge in [-0.1, -0.05) is 12.1 Å². The second kappa shape index (κ2) is 5.05. The number of aliphatic carboxylic acids is 1. The monoisotopic (exact) mass is 207 g/mol. The maximum atomic E-state index is 10.3. The zero-order chi connectivity index (χ0) is 11.3. The molecule has 0 saturated carbocycles. The Bertz CT molecular complexity index is 385. The molecule has 0 fully saturated rings. The fourth-order valence-electron chi connectivity index (χ4n) is 1.23. The van der Waals surface area contributed by atoms with Crippen LogP contribution in [-0.2, 0) is 11.2 Å². The van der Waals surface area contributed by atoms with Crippen LogP contribution in [0.4, 0.5) is 0 Å². The normalized spacial score (nSPS) is 11.1. The van der Waals surface area contributed by atoms with E-state index in [-0.39, 0.29) is 0 Å². The molecule has 80 valence electrons. The van der Waals surface area contributed by atoms with Crippen molar-refractivity contribution in [3.8, 4) is 5.75 Å². The van der Waals surface area contributed by atoms with Crippen LogP contribution in [0.1, 0.15) is 5.56 Å². The number of ether oxygens (including phenoxy) is 1. The summed E-state index contributed by atoms with van der Waals surface area (Å²) < 4.78 is 5.04. The summed E-state index contributed by atoms with van der Waals surface area (Å²) in [6, 6.07) is 7.34. The Hall–Kier alpha value is -1.97. The average molecular weight is 207 g/mol. The highest BCUT2D eigenvalue weighted by atomic mass is 16.5. The third kappa shape index (κ3) is 3.72. The van der Waals surface area contributed by atoms with Gasteiger partial charge in [0.25, 0.3) is 0 Å². The largest absolute Gasteiger partial charge is 0.497 e. The van der Waals surface area contributed by atoms with E-state index in [1.807, 2.05) is 24.3 Å². The van der Waals surface area contributed by atoms with Crippen molar-refractivity contribution in [1.82, 2.24) is 0 Å². The number of nitrogens with two attached hydrogens (primary N) is 1. The number of hydrogen-bond acceptors (Lipinski definition) is 3. The third-order valence-electron chi connectivity index (χ3n) is 1.85. The van der Waals surface area contributed by atoms with Gasteiger partial charge in [0.05, 0.1) is 7.11 Å². The molecule has 0 aliphatic rings. The van der Waals surface area contributed by atoms with Gasteiger partial charge in [0.15, 0.2) is 0 Å². The van der Waals surface area contributed by atoms with Gasteiger partial charge >= 0.3 is 5.97 Å². The number of carbonyl (C=O) groups is 1. The number of allylic oxidation sites excluding steroid dienone is 1. The lowest BCUT2D eigenvalue weighted by Gasteiger charge is -2.04. The van der Waals surface area contributed by atoms with Gasteiger partial charge in [0, 0.05) is 18.2 Å². The van der Waals surface area contributed by atoms with Crippen molar-refractivity contribution in [2.24, 2.45) is 5.73 Å². The van der Waals surface area contributed by atoms with Crippen molar-refractivity contribution in [1.29, 1.82) is 0 Å². The summed E-state index contributed by atoms with van der Waals surface area (Å²) in [5.74, 6) is -0.300. The van der Waals surface area contributed by atoms with Crippen molar-refractivity contribution >= 4 is 5.97 Å². The lowest BCUT2D eigenvalue weighted by molar-refractivity contribution is -0.131. The summed E-state index contributed by atoms with van der Waals surface area (Å²) in [5, 5.41) is 8.48. The van der Waals surface area contributed by atoms with Crippen LogP contribution in [0, 0.1) is 0 Å². The van der Waals surface area contributed by atoms with Crippen molar-refractivity contribution in [3.05, 3.63) is 41.6 Å². The molecule has 0 heterocycles. The summed E-state index contributed by atoms with van der Waals surface area (Å²) in [5.41, 5.74) is 6.77. The number of rotatable bonds is 4. The molecular weight excluding hydrogens is 194 g/mol. The van der Waals surface area contributed by atoms with Crippen molar-refractivity contribution in [3.63, 3.8) is 0 Å². The van der Waals surface area contributed by atoms with Crippen LogP contribution < -0.4 is 10.5 Å². The fraction of sp³-hybridized carbons (Fsp3) is 0.182. The minimum Gasteiger partial charge on any atom is -0.497 e. The number of benzene rings is 1. The molecule has 15 heavy (non-hydrogen) atoms. The molecule has 0 amide bonds. The Morgan fingerprint density at radius 3 is 2.93 bits per heavy atom. The molecule has 0 radical (unpaired) electrons. The molecule has 1 aromatic rings. The Morgan fingerprint density at radius 1 is 1.60 bits per heavy atom. The number of carboxylic acid groups (broad SMARTS) is 1. The molecule has 4 nitrogen and oxygen atoms in total. The van der Waals surface area contributed by atoms with Crippen LogP contribution in [-0.4, -0.2) is 18.2 Å². The molecule has 0 aliphatic carbocycles. The molecule has 0 bridgehead atoms. The Balaban J connectivity index is 2.76. The minimum atomic E-state index is -1.03. The third-order valence-corrected chi connectivity index (χ3v) is 1.85. The topological polar surface area (TPSA) is 72.5 Å². The molecular formula is C11H13NO3. The standard InChI is InChI=1S/C11H13NO3/c1-15-10-4-2-3-8(6-10)5-9(12)7-11(13)14/h2-4,6-7H,5,12H2,1H3,(H,13,14)/b9-7-. The summed E-state index contributed by atoms with van der Waals surface area (Å²) in [6.45, 7) is 0. The number of methoxy groups -OCH3 is 1. The van der Waals surface area contributed by atoms with E-state index in [2.05, 4.69) is 0 Å². The molecule has 1 rings (SSSR count). The lowest BCUT2D eigenvalue weighted by Crippen LogP contribution is -2.04. The highest BCUT2D eigenvalue weighted by molar-refractivity contribution is 5.80. The lowest BCUT2D eigenvalue weighted by atomic mass is 10.1. The van der Waals surface area contributed by atoms with Crippen molar-refractivity contribution in [2.75, 3.05) is 7.11 Å². The van der Waals surface area contributed by atoms with E-state index in [0.29, 0.717) is 12.1 Å². The molecule has 0 unspecified atom stereocenters. The quantitative estimate of drug-likeness (QED) is 0.727. The predicted molar refractivity (Wildman–Crippen MR) is 56.6 cm³/mol. The molecule has 0 saturated heterocycles. The first-order valence-corrected chi connectivity index (χ1v) is 4.43. The second-order valence-corrected chi connectivity index (χ2v) is 3.09. The summed E-state index contributed by atoms with van der Waals surface area (Å²) in [6.07, 6.45) is 1.41. The Kier molecular flexibility index (Phi) is 3.74. The summed E-state index contributed by atoms with van der Waals surface area (Å²) in [7, 11) is 1.58. The van der Waals surface area contributed by atoms with Crippen LogP contribution in [0.2, 0.25) is 0 Å². The van der Waals surface area contributed by atoms with Gasteiger partial charge in [-0.2, -0.15) is 0 Å². The van der Waals surface area contributed by atoms with E-state index < -0.39 is 5.97 Å². The van der Waals surface area contributed by atoms with Crippen LogP contribution >= 0.6 is 0 Å². The Labute approximate surface area is 88.0 Å². The maximum Gasteiger partial charge on any atom is 0.330 e. The van der Waals surface area contributed by atoms with Crippen LogP contribution in [0.3, 0.4) is 0 Å². The average Bonchev–Trinajstić information content (AvgIpc) is 2.16. The van der Waals surface area contributed by atoms with Gasteiger partial charge in [0.1, 0.15) is 5.75 Å². The van der Waals surface area contributed by atoms with Gasteiger partial charge in [-0.25, -0.2) is 4.79 Å². The fourth-order valence-corrected chi connectivity index (χ4v) is 1.23. The maximum absolute atomic E-state index is 10.3. The first kappa shape index (κ1) is 11.1. The SMILES string of the molecule is COc1cccc(C/C(N)=C/C(=O)O)c1. The number of carboxylic acids is 1. The van der Waals surface area contributed by atoms with Crippen LogP contribution in [0.5, 0.6) is 5.75 Å². The van der Waals surface area contributed by atoms with E-state index in [1.54, 1.807) is 7.11 Å². The minimum absolute atomic E-state index is 0.316. The van der Waals surface area contributed by atoms with E-state index in [9.17, 15) is 4.79 Å². The highest BCUT2D eigenvalue weighted by Gasteiger charge is 1.99. The number of hydrogen-bond donors (Lipinski definition) is 2. The molecule has 0 atom stereocenters. The van der Waals surface area contributed by atoms with Gasteiger partial charge in [-0.15, -0.1) is 0 Å². The van der Waals surface area contributed by atoms with Gasteiger partial charge < -0.3 is 15.6 Å². The molecule has 0 spiro atoms. The van der Waals surface area contributed by atoms with E-state index in [0.717, 1.165) is 17.4 Å².